The zero-order valence-electron chi connectivity index (χ0n) is 5.72. The van der Waals surface area contributed by atoms with E-state index in [1.165, 1.54) is 0 Å². The molecule has 0 spiro atoms. The fraction of sp³-hybridized carbons (Fsp3) is 0.714. The molecule has 0 aromatic carbocycles. The van der Waals surface area contributed by atoms with Crippen LogP contribution in [0.25, 0.3) is 0 Å². The molecule has 1 radical (unpaired) electrons. The second kappa shape index (κ2) is 3.34. The van der Waals surface area contributed by atoms with Gasteiger partial charge in [0, 0.05) is 18.9 Å². The normalized spacial score (nSPS) is 24.4. The average molecular weight is 140 g/mol. The van der Waals surface area contributed by atoms with E-state index >= 15 is 0 Å². The first-order valence-corrected chi connectivity index (χ1v) is 3.47. The van der Waals surface area contributed by atoms with Crippen LogP contribution in [-0.2, 0) is 9.59 Å². The monoisotopic (exact) mass is 140 g/mol. The topological polar surface area (TPSA) is 46.2 Å². The molecule has 0 aromatic heterocycles. The van der Waals surface area contributed by atoms with E-state index in [0.717, 1.165) is 12.8 Å². The minimum atomic E-state index is 0.107. The minimum Gasteiger partial charge on any atom is -0.353 e. The Labute approximate surface area is 59.8 Å². The molecule has 10 heavy (non-hydrogen) atoms. The van der Waals surface area contributed by atoms with E-state index < -0.39 is 0 Å². The second-order valence-electron chi connectivity index (χ2n) is 2.49. The SMILES string of the molecule is O=[C]CC[C@H]1CCC(=O)N1. The third-order valence-electron chi connectivity index (χ3n) is 1.68. The predicted molar refractivity (Wildman–Crippen MR) is 36.1 cm³/mol. The van der Waals surface area contributed by atoms with Crippen LogP contribution in [0.1, 0.15) is 25.7 Å². The number of rotatable bonds is 3. The van der Waals surface area contributed by atoms with Gasteiger partial charge in [-0.05, 0) is 12.8 Å². The zero-order valence-corrected chi connectivity index (χ0v) is 5.72. The van der Waals surface area contributed by atoms with Crippen LogP contribution in [-0.4, -0.2) is 18.2 Å². The van der Waals surface area contributed by atoms with E-state index in [-0.39, 0.29) is 11.9 Å². The number of carbonyl (C=O) groups excluding carboxylic acids is 2. The first kappa shape index (κ1) is 7.25. The molecule has 1 heterocycles. The number of hydrogen-bond donors (Lipinski definition) is 1. The van der Waals surface area contributed by atoms with Crippen molar-refractivity contribution in [3.05, 3.63) is 0 Å². The van der Waals surface area contributed by atoms with Crippen molar-refractivity contribution in [1.29, 1.82) is 0 Å². The molecule has 0 unspecified atom stereocenters. The largest absolute Gasteiger partial charge is 0.353 e. The van der Waals surface area contributed by atoms with Crippen LogP contribution in [0.4, 0.5) is 0 Å². The second-order valence-corrected chi connectivity index (χ2v) is 2.49. The van der Waals surface area contributed by atoms with Gasteiger partial charge in [-0.1, -0.05) is 0 Å². The van der Waals surface area contributed by atoms with E-state index in [1.54, 1.807) is 0 Å². The van der Waals surface area contributed by atoms with Crippen LogP contribution >= 0.6 is 0 Å². The maximum Gasteiger partial charge on any atom is 0.220 e. The summed E-state index contributed by atoms with van der Waals surface area (Å²) in [6, 6.07) is 0.231. The van der Waals surface area contributed by atoms with Gasteiger partial charge in [-0.3, -0.25) is 9.59 Å². The summed E-state index contributed by atoms with van der Waals surface area (Å²) in [5.74, 6) is 0.107. The smallest absolute Gasteiger partial charge is 0.220 e. The average Bonchev–Trinajstić information content (AvgIpc) is 2.31. The lowest BCUT2D eigenvalue weighted by molar-refractivity contribution is -0.119. The van der Waals surface area contributed by atoms with E-state index in [1.807, 2.05) is 6.29 Å². The van der Waals surface area contributed by atoms with Crippen molar-refractivity contribution >= 4 is 12.2 Å². The number of nitrogens with one attached hydrogen (secondary N) is 1. The van der Waals surface area contributed by atoms with E-state index in [9.17, 15) is 9.59 Å². The molecular weight excluding hydrogens is 130 g/mol. The van der Waals surface area contributed by atoms with Gasteiger partial charge in [0.1, 0.15) is 0 Å². The fourth-order valence-electron chi connectivity index (χ4n) is 1.13. The molecule has 3 heteroatoms. The van der Waals surface area contributed by atoms with Crippen molar-refractivity contribution in [2.75, 3.05) is 0 Å². The van der Waals surface area contributed by atoms with Crippen molar-refractivity contribution in [3.8, 4) is 0 Å². The lowest BCUT2D eigenvalue weighted by atomic mass is 10.1. The summed E-state index contributed by atoms with van der Waals surface area (Å²) < 4.78 is 0. The van der Waals surface area contributed by atoms with Gasteiger partial charge in [-0.2, -0.15) is 0 Å². The Morgan fingerprint density at radius 1 is 1.70 bits per heavy atom. The molecule has 1 N–H and O–H groups in total. The molecule has 1 fully saturated rings. The number of amides is 1. The van der Waals surface area contributed by atoms with E-state index in [4.69, 9.17) is 0 Å². The molecular formula is C7H10NO2. The maximum absolute atomic E-state index is 10.6. The van der Waals surface area contributed by atoms with Crippen LogP contribution in [0.2, 0.25) is 0 Å². The van der Waals surface area contributed by atoms with E-state index in [2.05, 4.69) is 5.32 Å². The summed E-state index contributed by atoms with van der Waals surface area (Å²) in [4.78, 5) is 20.4. The van der Waals surface area contributed by atoms with Crippen molar-refractivity contribution in [1.82, 2.24) is 5.32 Å². The molecule has 0 aliphatic carbocycles. The van der Waals surface area contributed by atoms with Crippen molar-refractivity contribution in [2.45, 2.75) is 31.7 Å². The molecule has 1 aliphatic rings. The van der Waals surface area contributed by atoms with Crippen LogP contribution in [0, 0.1) is 0 Å². The van der Waals surface area contributed by atoms with Gasteiger partial charge in [0.15, 0.2) is 6.29 Å². The standard InChI is InChI=1S/C7H10NO2/c9-5-1-2-6-3-4-7(10)8-6/h6H,1-4H2,(H,8,10)/t6-/m0/s1. The van der Waals surface area contributed by atoms with Crippen LogP contribution in [0.5, 0.6) is 0 Å². The Kier molecular flexibility index (Phi) is 2.42. The third-order valence-corrected chi connectivity index (χ3v) is 1.68. The van der Waals surface area contributed by atoms with Gasteiger partial charge < -0.3 is 5.32 Å². The van der Waals surface area contributed by atoms with Gasteiger partial charge in [-0.15, -0.1) is 0 Å². The predicted octanol–water partition coefficient (Wildman–Crippen LogP) is 0.155. The molecule has 3 nitrogen and oxygen atoms in total. The van der Waals surface area contributed by atoms with Crippen LogP contribution in [0.15, 0.2) is 0 Å². The Bertz CT molecular complexity index is 145. The Morgan fingerprint density at radius 3 is 3.00 bits per heavy atom. The van der Waals surface area contributed by atoms with E-state index in [0.29, 0.717) is 12.8 Å². The lowest BCUT2D eigenvalue weighted by Crippen LogP contribution is -2.24. The maximum atomic E-state index is 10.6. The molecule has 1 amide bonds. The summed E-state index contributed by atoms with van der Waals surface area (Å²) >= 11 is 0. The molecule has 0 saturated carbocycles. The first-order valence-electron chi connectivity index (χ1n) is 3.47. The van der Waals surface area contributed by atoms with Crippen molar-refractivity contribution in [2.24, 2.45) is 0 Å². The Balaban J connectivity index is 2.18. The van der Waals surface area contributed by atoms with Gasteiger partial charge >= 0.3 is 0 Å². The van der Waals surface area contributed by atoms with Gasteiger partial charge in [0.05, 0.1) is 0 Å². The van der Waals surface area contributed by atoms with Crippen LogP contribution < -0.4 is 5.32 Å². The summed E-state index contributed by atoms with van der Waals surface area (Å²) in [6.45, 7) is 0. The third kappa shape index (κ3) is 1.83. The van der Waals surface area contributed by atoms with Gasteiger partial charge in [0.2, 0.25) is 5.91 Å². The molecule has 1 atom stereocenters. The molecule has 55 valence electrons. The summed E-state index contributed by atoms with van der Waals surface area (Å²) in [7, 11) is 0. The molecule has 0 aromatic rings. The molecule has 1 aliphatic heterocycles. The highest BCUT2D eigenvalue weighted by Gasteiger charge is 2.19. The highest BCUT2D eigenvalue weighted by molar-refractivity contribution is 5.78. The summed E-state index contributed by atoms with van der Waals surface area (Å²) in [6.07, 6.45) is 4.48. The zero-order chi connectivity index (χ0) is 7.40. The fourth-order valence-corrected chi connectivity index (χ4v) is 1.13. The molecule has 1 saturated heterocycles. The molecule has 0 bridgehead atoms. The summed E-state index contributed by atoms with van der Waals surface area (Å²) in [5.41, 5.74) is 0. The Morgan fingerprint density at radius 2 is 2.50 bits per heavy atom. The Hall–Kier alpha value is -0.860. The summed E-state index contributed by atoms with van der Waals surface area (Å²) in [5, 5.41) is 2.77. The van der Waals surface area contributed by atoms with Crippen LogP contribution in [0.3, 0.4) is 0 Å². The highest BCUT2D eigenvalue weighted by Crippen LogP contribution is 2.10. The lowest BCUT2D eigenvalue weighted by Gasteiger charge is -2.04. The quantitative estimate of drug-likeness (QED) is 0.606. The molecule has 1 rings (SSSR count). The van der Waals surface area contributed by atoms with Crippen molar-refractivity contribution < 1.29 is 9.59 Å². The van der Waals surface area contributed by atoms with Crippen molar-refractivity contribution in [3.63, 3.8) is 0 Å². The number of carbonyl (C=O) groups is 1. The first-order chi connectivity index (χ1) is 4.83. The van der Waals surface area contributed by atoms with Gasteiger partial charge in [-0.25, -0.2) is 0 Å². The highest BCUT2D eigenvalue weighted by atomic mass is 16.2. The van der Waals surface area contributed by atoms with Gasteiger partial charge in [0.25, 0.3) is 0 Å². The minimum absolute atomic E-state index is 0.107. The number of hydrogen-bond acceptors (Lipinski definition) is 2.